The Kier molecular flexibility index (Phi) is 3.17. The lowest BCUT2D eigenvalue weighted by atomic mass is 10.2. The summed E-state index contributed by atoms with van der Waals surface area (Å²) in [4.78, 5) is 9.96. The number of carbonyl (C=O) groups is 1. The highest BCUT2D eigenvalue weighted by atomic mass is 79.9. The van der Waals surface area contributed by atoms with Crippen molar-refractivity contribution in [3.63, 3.8) is 0 Å². The van der Waals surface area contributed by atoms with Gasteiger partial charge >= 0.3 is 0 Å². The second kappa shape index (κ2) is 4.16. The summed E-state index contributed by atoms with van der Waals surface area (Å²) >= 11 is 3.14. The van der Waals surface area contributed by atoms with Gasteiger partial charge in [-0.3, -0.25) is 4.79 Å². The highest BCUT2D eigenvalue weighted by molar-refractivity contribution is 9.10. The second-order valence-electron chi connectivity index (χ2n) is 2.20. The number of allylic oxidation sites excluding steroid dienone is 1. The number of halogens is 2. The summed E-state index contributed by atoms with van der Waals surface area (Å²) in [7, 11) is 0. The molecule has 0 radical (unpaired) electrons. The van der Waals surface area contributed by atoms with Crippen LogP contribution in [0.1, 0.15) is 5.56 Å². The molecule has 0 amide bonds. The minimum atomic E-state index is -0.324. The minimum absolute atomic E-state index is 0.324. The zero-order valence-electron chi connectivity index (χ0n) is 6.13. The van der Waals surface area contributed by atoms with Gasteiger partial charge in [-0.05, 0) is 29.8 Å². The molecular formula is C9H6BrFO. The molecule has 0 aliphatic rings. The van der Waals surface area contributed by atoms with Crippen LogP contribution < -0.4 is 0 Å². The number of benzene rings is 1. The molecule has 0 aliphatic heterocycles. The molecule has 12 heavy (non-hydrogen) atoms. The normalized spacial score (nSPS) is 10.5. The fourth-order valence-corrected chi connectivity index (χ4v) is 1.30. The third kappa shape index (κ3) is 2.58. The SMILES string of the molecule is O=C/C=C/c1cc(F)cc(Br)c1. The molecule has 0 saturated carbocycles. The van der Waals surface area contributed by atoms with Gasteiger partial charge < -0.3 is 0 Å². The van der Waals surface area contributed by atoms with E-state index in [1.807, 2.05) is 0 Å². The van der Waals surface area contributed by atoms with Crippen LogP contribution in [0.3, 0.4) is 0 Å². The number of hydrogen-bond donors (Lipinski definition) is 0. The van der Waals surface area contributed by atoms with Gasteiger partial charge in [0.15, 0.2) is 0 Å². The lowest BCUT2D eigenvalue weighted by Crippen LogP contribution is -1.77. The predicted molar refractivity (Wildman–Crippen MR) is 49.2 cm³/mol. The number of rotatable bonds is 2. The van der Waals surface area contributed by atoms with Crippen LogP contribution in [0.25, 0.3) is 6.08 Å². The third-order valence-corrected chi connectivity index (χ3v) is 1.71. The van der Waals surface area contributed by atoms with Crippen LogP contribution in [0, 0.1) is 5.82 Å². The largest absolute Gasteiger partial charge is 0.299 e. The van der Waals surface area contributed by atoms with Crippen molar-refractivity contribution in [2.24, 2.45) is 0 Å². The Morgan fingerprint density at radius 1 is 1.33 bits per heavy atom. The van der Waals surface area contributed by atoms with E-state index in [2.05, 4.69) is 15.9 Å². The fourth-order valence-electron chi connectivity index (χ4n) is 0.822. The van der Waals surface area contributed by atoms with E-state index in [9.17, 15) is 9.18 Å². The maximum atomic E-state index is 12.7. The molecule has 0 bridgehead atoms. The molecule has 0 spiro atoms. The van der Waals surface area contributed by atoms with Crippen LogP contribution >= 0.6 is 15.9 Å². The third-order valence-electron chi connectivity index (χ3n) is 1.25. The Hall–Kier alpha value is -0.960. The topological polar surface area (TPSA) is 17.1 Å². The van der Waals surface area contributed by atoms with Crippen LogP contribution in [0.5, 0.6) is 0 Å². The van der Waals surface area contributed by atoms with Gasteiger partial charge in [-0.15, -0.1) is 0 Å². The Morgan fingerprint density at radius 2 is 2.08 bits per heavy atom. The molecule has 1 rings (SSSR count). The number of aldehydes is 1. The molecule has 0 fully saturated rings. The van der Waals surface area contributed by atoms with Gasteiger partial charge in [0.25, 0.3) is 0 Å². The van der Waals surface area contributed by atoms with Crippen molar-refractivity contribution in [3.05, 3.63) is 40.1 Å². The number of hydrogen-bond acceptors (Lipinski definition) is 1. The van der Waals surface area contributed by atoms with E-state index in [0.717, 1.165) is 0 Å². The molecule has 62 valence electrons. The first-order valence-electron chi connectivity index (χ1n) is 3.30. The Morgan fingerprint density at radius 3 is 2.67 bits per heavy atom. The van der Waals surface area contributed by atoms with Crippen molar-refractivity contribution in [1.29, 1.82) is 0 Å². The van der Waals surface area contributed by atoms with Gasteiger partial charge in [-0.25, -0.2) is 4.39 Å². The fraction of sp³-hybridized carbons (Fsp3) is 0. The van der Waals surface area contributed by atoms with Gasteiger partial charge in [0, 0.05) is 4.47 Å². The molecule has 0 aromatic heterocycles. The second-order valence-corrected chi connectivity index (χ2v) is 3.11. The summed E-state index contributed by atoms with van der Waals surface area (Å²) in [6.07, 6.45) is 3.51. The monoisotopic (exact) mass is 228 g/mol. The summed E-state index contributed by atoms with van der Waals surface area (Å²) in [5.41, 5.74) is 0.661. The van der Waals surface area contributed by atoms with E-state index < -0.39 is 0 Å². The molecule has 0 saturated heterocycles. The first-order chi connectivity index (χ1) is 5.72. The molecule has 0 atom stereocenters. The van der Waals surface area contributed by atoms with E-state index in [4.69, 9.17) is 0 Å². The van der Waals surface area contributed by atoms with Gasteiger partial charge in [0.1, 0.15) is 12.1 Å². The van der Waals surface area contributed by atoms with Crippen molar-refractivity contribution in [3.8, 4) is 0 Å². The molecule has 3 heteroatoms. The standard InChI is InChI=1S/C9H6BrFO/c10-8-4-7(2-1-3-12)5-9(11)6-8/h1-6H/b2-1+. The number of carbonyl (C=O) groups excluding carboxylic acids is 1. The van der Waals surface area contributed by atoms with Crippen molar-refractivity contribution in [2.75, 3.05) is 0 Å². The van der Waals surface area contributed by atoms with Crippen molar-refractivity contribution in [1.82, 2.24) is 0 Å². The summed E-state index contributed by atoms with van der Waals surface area (Å²) in [5, 5.41) is 0. The molecule has 0 N–H and O–H groups in total. The van der Waals surface area contributed by atoms with E-state index in [1.165, 1.54) is 18.2 Å². The average Bonchev–Trinajstić information content (AvgIpc) is 1.99. The van der Waals surface area contributed by atoms with Gasteiger partial charge in [0.05, 0.1) is 0 Å². The smallest absolute Gasteiger partial charge is 0.142 e. The maximum Gasteiger partial charge on any atom is 0.142 e. The minimum Gasteiger partial charge on any atom is -0.299 e. The zero-order chi connectivity index (χ0) is 8.97. The van der Waals surface area contributed by atoms with Crippen LogP contribution in [0.15, 0.2) is 28.7 Å². The molecule has 0 heterocycles. The quantitative estimate of drug-likeness (QED) is 0.562. The van der Waals surface area contributed by atoms with Crippen molar-refractivity contribution >= 4 is 28.3 Å². The Balaban J connectivity index is 3.00. The van der Waals surface area contributed by atoms with E-state index in [-0.39, 0.29) is 5.82 Å². The van der Waals surface area contributed by atoms with Gasteiger partial charge in [-0.1, -0.05) is 22.0 Å². The zero-order valence-corrected chi connectivity index (χ0v) is 7.71. The summed E-state index contributed by atoms with van der Waals surface area (Å²) in [6, 6.07) is 4.44. The highest BCUT2D eigenvalue weighted by Gasteiger charge is 1.94. The Labute approximate surface area is 78.0 Å². The van der Waals surface area contributed by atoms with Crippen LogP contribution in [-0.2, 0) is 4.79 Å². The lowest BCUT2D eigenvalue weighted by Gasteiger charge is -1.94. The van der Waals surface area contributed by atoms with Gasteiger partial charge in [-0.2, -0.15) is 0 Å². The molecule has 1 aromatic rings. The maximum absolute atomic E-state index is 12.7. The van der Waals surface area contributed by atoms with Crippen molar-refractivity contribution in [2.45, 2.75) is 0 Å². The van der Waals surface area contributed by atoms with E-state index in [0.29, 0.717) is 16.3 Å². The van der Waals surface area contributed by atoms with Crippen LogP contribution in [0.4, 0.5) is 4.39 Å². The molecular weight excluding hydrogens is 223 g/mol. The molecule has 0 aliphatic carbocycles. The molecule has 0 unspecified atom stereocenters. The van der Waals surface area contributed by atoms with Crippen molar-refractivity contribution < 1.29 is 9.18 Å². The summed E-state index contributed by atoms with van der Waals surface area (Å²) < 4.78 is 13.4. The highest BCUT2D eigenvalue weighted by Crippen LogP contribution is 2.15. The Bertz CT molecular complexity index is 300. The molecule has 1 nitrogen and oxygen atoms in total. The predicted octanol–water partition coefficient (Wildman–Crippen LogP) is 2.80. The van der Waals surface area contributed by atoms with Gasteiger partial charge in [0.2, 0.25) is 0 Å². The first kappa shape index (κ1) is 9.13. The summed E-state index contributed by atoms with van der Waals surface area (Å²) in [5.74, 6) is -0.324. The molecule has 1 aromatic carbocycles. The van der Waals surface area contributed by atoms with Crippen LogP contribution in [-0.4, -0.2) is 6.29 Å². The van der Waals surface area contributed by atoms with E-state index in [1.54, 1.807) is 12.1 Å². The van der Waals surface area contributed by atoms with Crippen LogP contribution in [0.2, 0.25) is 0 Å². The summed E-state index contributed by atoms with van der Waals surface area (Å²) in [6.45, 7) is 0. The average molecular weight is 229 g/mol. The first-order valence-corrected chi connectivity index (χ1v) is 4.09. The van der Waals surface area contributed by atoms with E-state index >= 15 is 0 Å². The lowest BCUT2D eigenvalue weighted by molar-refractivity contribution is -0.104.